The normalized spacial score (nSPS) is 10.2. The summed E-state index contributed by atoms with van der Waals surface area (Å²) in [5.41, 5.74) is 1.40. The maximum absolute atomic E-state index is 12.8. The second kappa shape index (κ2) is 7.57. The van der Waals surface area contributed by atoms with Gasteiger partial charge in [-0.15, -0.1) is 11.3 Å². The molecule has 6 heteroatoms. The zero-order chi connectivity index (χ0) is 16.8. The molecule has 2 aromatic carbocycles. The van der Waals surface area contributed by atoms with Crippen molar-refractivity contribution in [2.75, 3.05) is 0 Å². The van der Waals surface area contributed by atoms with Gasteiger partial charge in [0, 0.05) is 5.38 Å². The molecule has 1 aromatic heterocycles. The first kappa shape index (κ1) is 16.0. The van der Waals surface area contributed by atoms with Crippen LogP contribution >= 0.6 is 11.3 Å². The van der Waals surface area contributed by atoms with Gasteiger partial charge in [-0.3, -0.25) is 0 Å². The second-order valence-electron chi connectivity index (χ2n) is 4.90. The molecule has 0 aliphatic heterocycles. The highest BCUT2D eigenvalue weighted by Gasteiger charge is 2.05. The number of nitrogens with zero attached hydrogens (tertiary/aromatic N) is 2. The smallest absolute Gasteiger partial charge is 0.140 e. The van der Waals surface area contributed by atoms with Gasteiger partial charge >= 0.3 is 0 Å². The second-order valence-corrected chi connectivity index (χ2v) is 5.84. The van der Waals surface area contributed by atoms with Gasteiger partial charge in [-0.1, -0.05) is 0 Å². The van der Waals surface area contributed by atoms with Crippen molar-refractivity contribution in [3.05, 3.63) is 76.0 Å². The maximum Gasteiger partial charge on any atom is 0.140 e. The Kier molecular flexibility index (Phi) is 5.04. The quantitative estimate of drug-likeness (QED) is 0.671. The minimum absolute atomic E-state index is 0.293. The Morgan fingerprint density at radius 3 is 2.25 bits per heavy atom. The summed E-state index contributed by atoms with van der Waals surface area (Å²) in [6.07, 6.45) is 0. The molecule has 3 aromatic rings. The van der Waals surface area contributed by atoms with Crippen molar-refractivity contribution in [1.82, 2.24) is 4.98 Å². The van der Waals surface area contributed by atoms with E-state index in [4.69, 9.17) is 14.7 Å². The molecular weight excluding hydrogens is 327 g/mol. The van der Waals surface area contributed by atoms with Crippen LogP contribution < -0.4 is 9.47 Å². The zero-order valence-corrected chi connectivity index (χ0v) is 13.4. The predicted octanol–water partition coefficient (Wildman–Crippen LogP) is 4.31. The molecule has 0 atom stereocenters. The number of benzene rings is 2. The van der Waals surface area contributed by atoms with Crippen molar-refractivity contribution in [2.45, 2.75) is 13.2 Å². The molecule has 0 N–H and O–H groups in total. The summed E-state index contributed by atoms with van der Waals surface area (Å²) in [7, 11) is 0. The standard InChI is InChI=1S/C18H13FN2O2S/c19-14-3-7-17(8-4-14)23-11-18-21-15(12-24-18)10-22-16-5-1-13(9-20)2-6-16/h1-8,12H,10-11H2. The van der Waals surface area contributed by atoms with Crippen molar-refractivity contribution in [1.29, 1.82) is 5.26 Å². The molecule has 1 heterocycles. The number of rotatable bonds is 6. The summed E-state index contributed by atoms with van der Waals surface area (Å²) < 4.78 is 24.0. The van der Waals surface area contributed by atoms with Gasteiger partial charge in [0.2, 0.25) is 0 Å². The van der Waals surface area contributed by atoms with Crippen LogP contribution in [0.25, 0.3) is 0 Å². The summed E-state index contributed by atoms with van der Waals surface area (Å²) in [6, 6.07) is 14.9. The number of aromatic nitrogens is 1. The van der Waals surface area contributed by atoms with Crippen molar-refractivity contribution >= 4 is 11.3 Å². The molecule has 24 heavy (non-hydrogen) atoms. The van der Waals surface area contributed by atoms with E-state index in [0.29, 0.717) is 30.3 Å². The number of halogens is 1. The summed E-state index contributed by atoms with van der Waals surface area (Å²) in [5.74, 6) is 0.993. The predicted molar refractivity (Wildman–Crippen MR) is 88.3 cm³/mol. The first-order chi connectivity index (χ1) is 11.7. The molecule has 0 saturated heterocycles. The van der Waals surface area contributed by atoms with Crippen LogP contribution in [0.5, 0.6) is 11.5 Å². The fourth-order valence-electron chi connectivity index (χ4n) is 1.94. The highest BCUT2D eigenvalue weighted by Crippen LogP contribution is 2.18. The lowest BCUT2D eigenvalue weighted by atomic mass is 10.2. The largest absolute Gasteiger partial charge is 0.487 e. The van der Waals surface area contributed by atoms with E-state index in [1.165, 1.54) is 23.5 Å². The van der Waals surface area contributed by atoms with Crippen LogP contribution in [-0.2, 0) is 13.2 Å². The fraction of sp³-hybridized carbons (Fsp3) is 0.111. The topological polar surface area (TPSA) is 55.1 Å². The Balaban J connectivity index is 1.51. The summed E-state index contributed by atoms with van der Waals surface area (Å²) in [5, 5.41) is 11.5. The fourth-order valence-corrected chi connectivity index (χ4v) is 2.63. The molecule has 3 rings (SSSR count). The molecule has 0 radical (unpaired) electrons. The first-order valence-corrected chi connectivity index (χ1v) is 8.05. The number of hydrogen-bond donors (Lipinski definition) is 0. The lowest BCUT2D eigenvalue weighted by Crippen LogP contribution is -1.98. The molecule has 0 saturated carbocycles. The molecule has 0 spiro atoms. The van der Waals surface area contributed by atoms with Crippen molar-refractivity contribution in [3.8, 4) is 17.6 Å². The molecular formula is C18H13FN2O2S. The molecule has 120 valence electrons. The van der Waals surface area contributed by atoms with Gasteiger partial charge < -0.3 is 9.47 Å². The van der Waals surface area contributed by atoms with Gasteiger partial charge in [0.1, 0.15) is 35.5 Å². The van der Waals surface area contributed by atoms with E-state index in [2.05, 4.69) is 11.1 Å². The highest BCUT2D eigenvalue weighted by molar-refractivity contribution is 7.09. The number of hydrogen-bond acceptors (Lipinski definition) is 5. The summed E-state index contributed by atoms with van der Waals surface area (Å²) >= 11 is 1.48. The van der Waals surface area contributed by atoms with Crippen LogP contribution in [0.1, 0.15) is 16.3 Å². The van der Waals surface area contributed by atoms with Crippen LogP contribution in [0.2, 0.25) is 0 Å². The highest BCUT2D eigenvalue weighted by atomic mass is 32.1. The SMILES string of the molecule is N#Cc1ccc(OCc2csc(COc3ccc(F)cc3)n2)cc1. The molecule has 0 unspecified atom stereocenters. The van der Waals surface area contributed by atoms with Gasteiger partial charge in [-0.05, 0) is 48.5 Å². The van der Waals surface area contributed by atoms with Crippen LogP contribution in [0.3, 0.4) is 0 Å². The van der Waals surface area contributed by atoms with Gasteiger partial charge in [-0.25, -0.2) is 9.37 Å². The van der Waals surface area contributed by atoms with Crippen molar-refractivity contribution in [3.63, 3.8) is 0 Å². The van der Waals surface area contributed by atoms with E-state index < -0.39 is 0 Å². The van der Waals surface area contributed by atoms with Crippen molar-refractivity contribution < 1.29 is 13.9 Å². The van der Waals surface area contributed by atoms with Crippen LogP contribution in [-0.4, -0.2) is 4.98 Å². The Labute approximate surface area is 142 Å². The van der Waals surface area contributed by atoms with E-state index in [-0.39, 0.29) is 5.82 Å². The summed E-state index contributed by atoms with van der Waals surface area (Å²) in [4.78, 5) is 4.43. The molecule has 4 nitrogen and oxygen atoms in total. The maximum atomic E-state index is 12.8. The van der Waals surface area contributed by atoms with Crippen LogP contribution in [0.15, 0.2) is 53.9 Å². The minimum Gasteiger partial charge on any atom is -0.487 e. The Bertz CT molecular complexity index is 839. The third kappa shape index (κ3) is 4.31. The lowest BCUT2D eigenvalue weighted by Gasteiger charge is -2.04. The Hall–Kier alpha value is -2.91. The summed E-state index contributed by atoms with van der Waals surface area (Å²) in [6.45, 7) is 0.673. The van der Waals surface area contributed by atoms with E-state index in [1.807, 2.05) is 5.38 Å². The monoisotopic (exact) mass is 340 g/mol. The van der Waals surface area contributed by atoms with Gasteiger partial charge in [0.05, 0.1) is 17.3 Å². The number of ether oxygens (including phenoxy) is 2. The number of nitriles is 1. The average molecular weight is 340 g/mol. The van der Waals surface area contributed by atoms with E-state index in [1.54, 1.807) is 36.4 Å². The van der Waals surface area contributed by atoms with E-state index >= 15 is 0 Å². The Morgan fingerprint density at radius 1 is 0.958 bits per heavy atom. The third-order valence-electron chi connectivity index (χ3n) is 3.15. The van der Waals surface area contributed by atoms with Gasteiger partial charge in [-0.2, -0.15) is 5.26 Å². The molecule has 0 bridgehead atoms. The van der Waals surface area contributed by atoms with E-state index in [9.17, 15) is 4.39 Å². The third-order valence-corrected chi connectivity index (χ3v) is 4.02. The van der Waals surface area contributed by atoms with Crippen LogP contribution in [0, 0.1) is 17.1 Å². The average Bonchev–Trinajstić information content (AvgIpc) is 3.08. The Morgan fingerprint density at radius 2 is 1.58 bits per heavy atom. The zero-order valence-electron chi connectivity index (χ0n) is 12.6. The lowest BCUT2D eigenvalue weighted by molar-refractivity contribution is 0.294. The van der Waals surface area contributed by atoms with Gasteiger partial charge in [0.15, 0.2) is 0 Å². The number of thiazole rings is 1. The van der Waals surface area contributed by atoms with E-state index in [0.717, 1.165) is 10.7 Å². The first-order valence-electron chi connectivity index (χ1n) is 7.17. The molecule has 0 amide bonds. The minimum atomic E-state index is -0.293. The van der Waals surface area contributed by atoms with Crippen LogP contribution in [0.4, 0.5) is 4.39 Å². The molecule has 0 aliphatic carbocycles. The van der Waals surface area contributed by atoms with Gasteiger partial charge in [0.25, 0.3) is 0 Å². The molecule has 0 fully saturated rings. The van der Waals surface area contributed by atoms with Crippen molar-refractivity contribution in [2.24, 2.45) is 0 Å². The molecule has 0 aliphatic rings.